The highest BCUT2D eigenvalue weighted by atomic mass is 19.4. The number of alkyl halides is 3. The van der Waals surface area contributed by atoms with Crippen LogP contribution in [0.4, 0.5) is 24.5 Å². The molecule has 0 spiro atoms. The largest absolute Gasteiger partial charge is 0.573 e. The van der Waals surface area contributed by atoms with E-state index in [1.165, 1.54) is 18.2 Å². The van der Waals surface area contributed by atoms with Crippen LogP contribution in [-0.4, -0.2) is 12.3 Å². The van der Waals surface area contributed by atoms with Gasteiger partial charge in [0.25, 0.3) is 5.91 Å². The molecule has 2 rings (SSSR count). The first-order valence-corrected chi connectivity index (χ1v) is 5.86. The number of benzene rings is 2. The second-order valence-corrected chi connectivity index (χ2v) is 4.15. The molecule has 0 aliphatic carbocycles. The first-order valence-electron chi connectivity index (χ1n) is 5.86. The number of hydrogen-bond acceptors (Lipinski definition) is 3. The highest BCUT2D eigenvalue weighted by Gasteiger charge is 2.30. The van der Waals surface area contributed by atoms with Gasteiger partial charge in [-0.3, -0.25) is 4.79 Å². The lowest BCUT2D eigenvalue weighted by Gasteiger charge is -2.10. The fraction of sp³-hybridized carbons (Fsp3) is 0.0714. The molecular formula is C14H11F3N2O2. The predicted molar refractivity (Wildman–Crippen MR) is 71.9 cm³/mol. The zero-order valence-electron chi connectivity index (χ0n) is 10.6. The summed E-state index contributed by atoms with van der Waals surface area (Å²) in [6, 6.07) is 11.2. The molecule has 7 heteroatoms. The van der Waals surface area contributed by atoms with Crippen molar-refractivity contribution in [3.8, 4) is 5.75 Å². The molecule has 0 heterocycles. The molecule has 0 atom stereocenters. The lowest BCUT2D eigenvalue weighted by atomic mass is 10.2. The van der Waals surface area contributed by atoms with Gasteiger partial charge in [-0.05, 0) is 42.5 Å². The van der Waals surface area contributed by atoms with Crippen LogP contribution in [0.25, 0.3) is 0 Å². The zero-order valence-corrected chi connectivity index (χ0v) is 10.6. The van der Waals surface area contributed by atoms with Gasteiger partial charge in [0, 0.05) is 16.9 Å². The number of nitrogens with two attached hydrogens (primary N) is 1. The predicted octanol–water partition coefficient (Wildman–Crippen LogP) is 3.42. The summed E-state index contributed by atoms with van der Waals surface area (Å²) in [6.45, 7) is 0. The third-order valence-corrected chi connectivity index (χ3v) is 2.49. The molecule has 0 saturated heterocycles. The molecule has 0 aliphatic rings. The monoisotopic (exact) mass is 296 g/mol. The molecule has 1 amide bonds. The number of nitrogens with one attached hydrogen (secondary N) is 1. The molecule has 0 unspecified atom stereocenters. The number of amides is 1. The summed E-state index contributed by atoms with van der Waals surface area (Å²) in [7, 11) is 0. The zero-order chi connectivity index (χ0) is 15.5. The van der Waals surface area contributed by atoms with Gasteiger partial charge in [0.1, 0.15) is 5.75 Å². The summed E-state index contributed by atoms with van der Waals surface area (Å²) in [5, 5.41) is 2.54. The Morgan fingerprint density at radius 1 is 1.10 bits per heavy atom. The summed E-state index contributed by atoms with van der Waals surface area (Å²) in [6.07, 6.45) is -4.74. The molecule has 110 valence electrons. The van der Waals surface area contributed by atoms with Gasteiger partial charge in [0.05, 0.1) is 0 Å². The highest BCUT2D eigenvalue weighted by Crippen LogP contribution is 2.24. The van der Waals surface area contributed by atoms with E-state index in [1.807, 2.05) is 0 Å². The van der Waals surface area contributed by atoms with Crippen molar-refractivity contribution in [1.82, 2.24) is 0 Å². The minimum Gasteiger partial charge on any atom is -0.406 e. The van der Waals surface area contributed by atoms with Gasteiger partial charge in [-0.2, -0.15) is 0 Å². The molecule has 0 saturated carbocycles. The van der Waals surface area contributed by atoms with E-state index in [2.05, 4.69) is 10.1 Å². The summed E-state index contributed by atoms with van der Waals surface area (Å²) >= 11 is 0. The van der Waals surface area contributed by atoms with Crippen molar-refractivity contribution in [1.29, 1.82) is 0 Å². The van der Waals surface area contributed by atoms with Crippen LogP contribution in [-0.2, 0) is 0 Å². The van der Waals surface area contributed by atoms with Crippen LogP contribution in [0.5, 0.6) is 5.75 Å². The van der Waals surface area contributed by atoms with E-state index in [1.54, 1.807) is 18.2 Å². The second-order valence-electron chi connectivity index (χ2n) is 4.15. The molecule has 0 aliphatic heterocycles. The van der Waals surface area contributed by atoms with Crippen LogP contribution in [0.1, 0.15) is 10.4 Å². The lowest BCUT2D eigenvalue weighted by Crippen LogP contribution is -2.17. The average Bonchev–Trinajstić information content (AvgIpc) is 2.39. The Balaban J connectivity index is 2.05. The normalized spacial score (nSPS) is 11.0. The molecule has 3 N–H and O–H groups in total. The van der Waals surface area contributed by atoms with E-state index in [-0.39, 0.29) is 5.75 Å². The maximum absolute atomic E-state index is 12.0. The van der Waals surface area contributed by atoms with Crippen LogP contribution < -0.4 is 15.8 Å². The number of nitrogen functional groups attached to an aromatic ring is 1. The molecule has 0 aromatic heterocycles. The van der Waals surface area contributed by atoms with Crippen molar-refractivity contribution in [2.75, 3.05) is 11.1 Å². The molecule has 21 heavy (non-hydrogen) atoms. The van der Waals surface area contributed by atoms with Crippen LogP contribution >= 0.6 is 0 Å². The van der Waals surface area contributed by atoms with E-state index < -0.39 is 12.3 Å². The molecule has 2 aromatic rings. The SMILES string of the molecule is Nc1cccc(C(=O)Nc2ccc(OC(F)(F)F)cc2)c1. The number of hydrogen-bond donors (Lipinski definition) is 2. The fourth-order valence-corrected chi connectivity index (χ4v) is 1.62. The van der Waals surface area contributed by atoms with Crippen molar-refractivity contribution < 1.29 is 22.7 Å². The fourth-order valence-electron chi connectivity index (χ4n) is 1.62. The molecule has 0 bridgehead atoms. The Morgan fingerprint density at radius 3 is 2.33 bits per heavy atom. The summed E-state index contributed by atoms with van der Waals surface area (Å²) in [5.41, 5.74) is 6.70. The number of carbonyl (C=O) groups is 1. The number of ether oxygens (including phenoxy) is 1. The third-order valence-electron chi connectivity index (χ3n) is 2.49. The van der Waals surface area contributed by atoms with E-state index >= 15 is 0 Å². The van der Waals surface area contributed by atoms with E-state index in [4.69, 9.17) is 5.73 Å². The first-order chi connectivity index (χ1) is 9.83. The summed E-state index contributed by atoms with van der Waals surface area (Å²) < 4.78 is 39.8. The number of carbonyl (C=O) groups excluding carboxylic acids is 1. The molecule has 0 radical (unpaired) electrons. The minimum absolute atomic E-state index is 0.344. The number of anilines is 2. The van der Waals surface area contributed by atoms with Crippen LogP contribution in [0.2, 0.25) is 0 Å². The van der Waals surface area contributed by atoms with E-state index in [9.17, 15) is 18.0 Å². The van der Waals surface area contributed by atoms with Gasteiger partial charge in [-0.15, -0.1) is 13.2 Å². The molecule has 0 fully saturated rings. The van der Waals surface area contributed by atoms with Crippen molar-refractivity contribution in [3.05, 3.63) is 54.1 Å². The number of halogens is 3. The Kier molecular flexibility index (Phi) is 4.02. The quantitative estimate of drug-likeness (QED) is 0.853. The first kappa shape index (κ1) is 14.7. The van der Waals surface area contributed by atoms with Gasteiger partial charge in [-0.25, -0.2) is 0 Å². The average molecular weight is 296 g/mol. The van der Waals surface area contributed by atoms with E-state index in [0.717, 1.165) is 12.1 Å². The van der Waals surface area contributed by atoms with Crippen LogP contribution in [0, 0.1) is 0 Å². The summed E-state index contributed by atoms with van der Waals surface area (Å²) in [5.74, 6) is -0.767. The highest BCUT2D eigenvalue weighted by molar-refractivity contribution is 6.04. The Hall–Kier alpha value is -2.70. The third kappa shape index (κ3) is 4.41. The number of rotatable bonds is 3. The molecular weight excluding hydrogens is 285 g/mol. The van der Waals surface area contributed by atoms with Gasteiger partial charge in [-0.1, -0.05) is 6.07 Å². The van der Waals surface area contributed by atoms with Gasteiger partial charge >= 0.3 is 6.36 Å². The Labute approximate surface area is 118 Å². The van der Waals surface area contributed by atoms with E-state index in [0.29, 0.717) is 16.9 Å². The molecule has 2 aromatic carbocycles. The van der Waals surface area contributed by atoms with Gasteiger partial charge in [0.2, 0.25) is 0 Å². The van der Waals surface area contributed by atoms with Crippen molar-refractivity contribution in [2.45, 2.75) is 6.36 Å². The van der Waals surface area contributed by atoms with Crippen molar-refractivity contribution >= 4 is 17.3 Å². The van der Waals surface area contributed by atoms with Crippen molar-refractivity contribution in [3.63, 3.8) is 0 Å². The van der Waals surface area contributed by atoms with Crippen LogP contribution in [0.15, 0.2) is 48.5 Å². The maximum Gasteiger partial charge on any atom is 0.573 e. The van der Waals surface area contributed by atoms with Crippen molar-refractivity contribution in [2.24, 2.45) is 0 Å². The lowest BCUT2D eigenvalue weighted by molar-refractivity contribution is -0.274. The molecule has 4 nitrogen and oxygen atoms in total. The maximum atomic E-state index is 12.0. The second kappa shape index (κ2) is 5.74. The Morgan fingerprint density at radius 2 is 1.76 bits per heavy atom. The Bertz CT molecular complexity index is 639. The minimum atomic E-state index is -4.74. The topological polar surface area (TPSA) is 64.4 Å². The summed E-state index contributed by atoms with van der Waals surface area (Å²) in [4.78, 5) is 11.9. The standard InChI is InChI=1S/C14H11F3N2O2/c15-14(16,17)21-12-6-4-11(5-7-12)19-13(20)9-2-1-3-10(18)8-9/h1-8H,18H2,(H,19,20). The van der Waals surface area contributed by atoms with Gasteiger partial charge in [0.15, 0.2) is 0 Å². The smallest absolute Gasteiger partial charge is 0.406 e. The van der Waals surface area contributed by atoms with Crippen LogP contribution in [0.3, 0.4) is 0 Å². The van der Waals surface area contributed by atoms with Gasteiger partial charge < -0.3 is 15.8 Å².